The molecule has 1 aromatic heterocycles. The number of rotatable bonds is 6. The Morgan fingerprint density at radius 3 is 2.53 bits per heavy atom. The lowest BCUT2D eigenvalue weighted by Crippen LogP contribution is -2.23. The van der Waals surface area contributed by atoms with Gasteiger partial charge in [-0.1, -0.05) is 27.7 Å². The molecule has 0 spiro atoms. The summed E-state index contributed by atoms with van der Waals surface area (Å²) in [5.41, 5.74) is 1.50. The Morgan fingerprint density at radius 1 is 1.42 bits per heavy atom. The fourth-order valence-corrected chi connectivity index (χ4v) is 2.88. The molecule has 0 aromatic carbocycles. The Kier molecular flexibility index (Phi) is 5.41. The maximum atomic E-state index is 5.41. The summed E-state index contributed by atoms with van der Waals surface area (Å²) in [4.78, 5) is 0. The minimum absolute atomic E-state index is 0.278. The zero-order valence-corrected chi connectivity index (χ0v) is 13.4. The molecular weight excluding hydrogens is 238 g/mol. The van der Waals surface area contributed by atoms with E-state index in [1.807, 2.05) is 18.8 Å². The van der Waals surface area contributed by atoms with Crippen LogP contribution in [-0.2, 0) is 7.05 Å². The smallest absolute Gasteiger partial charge is 0.161 e. The van der Waals surface area contributed by atoms with Crippen LogP contribution in [0.1, 0.15) is 52.3 Å². The largest absolute Gasteiger partial charge is 0.493 e. The second-order valence-electron chi connectivity index (χ2n) is 6.67. The highest BCUT2D eigenvalue weighted by Crippen LogP contribution is 2.33. The number of methoxy groups -OCH3 is 1. The number of hydrogen-bond donors (Lipinski definition) is 1. The first kappa shape index (κ1) is 16.0. The van der Waals surface area contributed by atoms with Crippen molar-refractivity contribution in [2.45, 2.75) is 46.6 Å². The van der Waals surface area contributed by atoms with Crippen LogP contribution in [0.4, 0.5) is 0 Å². The minimum Gasteiger partial charge on any atom is -0.493 e. The molecule has 0 aliphatic carbocycles. The molecule has 4 nitrogen and oxygen atoms in total. The van der Waals surface area contributed by atoms with Gasteiger partial charge in [-0.2, -0.15) is 5.10 Å². The SMILES string of the molecule is CNC(CC(C)CC(C)(C)C)c1c(OC)cnn1C. The van der Waals surface area contributed by atoms with Crippen LogP contribution in [0.25, 0.3) is 0 Å². The summed E-state index contributed by atoms with van der Waals surface area (Å²) in [5.74, 6) is 1.52. The highest BCUT2D eigenvalue weighted by Gasteiger charge is 2.23. The van der Waals surface area contributed by atoms with Crippen LogP contribution >= 0.6 is 0 Å². The van der Waals surface area contributed by atoms with Gasteiger partial charge in [0.2, 0.25) is 0 Å². The fourth-order valence-electron chi connectivity index (χ4n) is 2.88. The zero-order valence-electron chi connectivity index (χ0n) is 13.4. The van der Waals surface area contributed by atoms with E-state index in [1.54, 1.807) is 13.3 Å². The number of hydrogen-bond acceptors (Lipinski definition) is 3. The monoisotopic (exact) mass is 267 g/mol. The van der Waals surface area contributed by atoms with Crippen molar-refractivity contribution in [2.75, 3.05) is 14.2 Å². The average molecular weight is 267 g/mol. The van der Waals surface area contributed by atoms with Crippen LogP contribution in [0, 0.1) is 11.3 Å². The van der Waals surface area contributed by atoms with Gasteiger partial charge in [0.05, 0.1) is 25.0 Å². The molecule has 2 unspecified atom stereocenters. The summed E-state index contributed by atoms with van der Waals surface area (Å²) < 4.78 is 7.31. The third-order valence-corrected chi connectivity index (χ3v) is 3.45. The highest BCUT2D eigenvalue weighted by molar-refractivity contribution is 5.28. The Bertz CT molecular complexity index is 393. The molecule has 0 saturated heterocycles. The molecule has 1 rings (SSSR count). The molecule has 0 aliphatic rings. The average Bonchev–Trinajstić information content (AvgIpc) is 2.65. The second kappa shape index (κ2) is 6.42. The van der Waals surface area contributed by atoms with Gasteiger partial charge in [0.25, 0.3) is 0 Å². The van der Waals surface area contributed by atoms with E-state index in [1.165, 1.54) is 6.42 Å². The summed E-state index contributed by atoms with van der Waals surface area (Å²) in [6, 6.07) is 0.278. The molecule has 0 amide bonds. The van der Waals surface area contributed by atoms with Gasteiger partial charge in [0, 0.05) is 7.05 Å². The van der Waals surface area contributed by atoms with Gasteiger partial charge in [0.1, 0.15) is 0 Å². The Labute approximate surface area is 117 Å². The lowest BCUT2D eigenvalue weighted by atomic mass is 9.82. The van der Waals surface area contributed by atoms with Gasteiger partial charge in [-0.25, -0.2) is 0 Å². The molecule has 0 aliphatic heterocycles. The van der Waals surface area contributed by atoms with Crippen molar-refractivity contribution in [2.24, 2.45) is 18.4 Å². The van der Waals surface area contributed by atoms with Crippen LogP contribution in [0.2, 0.25) is 0 Å². The predicted octanol–water partition coefficient (Wildman–Crippen LogP) is 3.15. The molecule has 0 fully saturated rings. The molecule has 4 heteroatoms. The number of aryl methyl sites for hydroxylation is 1. The molecule has 0 saturated carbocycles. The van der Waals surface area contributed by atoms with Crippen LogP contribution in [0.3, 0.4) is 0 Å². The van der Waals surface area contributed by atoms with Crippen molar-refractivity contribution in [3.05, 3.63) is 11.9 Å². The molecule has 19 heavy (non-hydrogen) atoms. The standard InChI is InChI=1S/C15H29N3O/c1-11(9-15(2,3)4)8-12(16-5)14-13(19-7)10-17-18(14)6/h10-12,16H,8-9H2,1-7H3. The van der Waals surface area contributed by atoms with Crippen molar-refractivity contribution in [1.29, 1.82) is 0 Å². The summed E-state index contributed by atoms with van der Waals surface area (Å²) >= 11 is 0. The first-order valence-electron chi connectivity index (χ1n) is 7.01. The van der Waals surface area contributed by atoms with Crippen molar-refractivity contribution >= 4 is 0 Å². The van der Waals surface area contributed by atoms with E-state index in [4.69, 9.17) is 4.74 Å². The maximum absolute atomic E-state index is 5.41. The van der Waals surface area contributed by atoms with E-state index >= 15 is 0 Å². The molecule has 2 atom stereocenters. The van der Waals surface area contributed by atoms with Crippen molar-refractivity contribution in [1.82, 2.24) is 15.1 Å². The van der Waals surface area contributed by atoms with Crippen molar-refractivity contribution in [3.8, 4) is 5.75 Å². The molecule has 1 N–H and O–H groups in total. The third kappa shape index (κ3) is 4.53. The van der Waals surface area contributed by atoms with E-state index in [9.17, 15) is 0 Å². The van der Waals surface area contributed by atoms with Gasteiger partial charge >= 0.3 is 0 Å². The first-order chi connectivity index (χ1) is 8.78. The molecule has 0 radical (unpaired) electrons. The molecule has 1 aromatic rings. The Hall–Kier alpha value is -1.03. The number of aromatic nitrogens is 2. The van der Waals surface area contributed by atoms with E-state index in [-0.39, 0.29) is 6.04 Å². The number of ether oxygens (including phenoxy) is 1. The quantitative estimate of drug-likeness (QED) is 0.860. The molecule has 1 heterocycles. The second-order valence-corrected chi connectivity index (χ2v) is 6.67. The summed E-state index contributed by atoms with van der Waals surface area (Å²) in [7, 11) is 5.67. The topological polar surface area (TPSA) is 39.1 Å². The van der Waals surface area contributed by atoms with E-state index < -0.39 is 0 Å². The minimum atomic E-state index is 0.278. The maximum Gasteiger partial charge on any atom is 0.161 e. The fraction of sp³-hybridized carbons (Fsp3) is 0.800. The first-order valence-corrected chi connectivity index (χ1v) is 7.01. The summed E-state index contributed by atoms with van der Waals surface area (Å²) in [5, 5.41) is 7.69. The van der Waals surface area contributed by atoms with Crippen LogP contribution in [-0.4, -0.2) is 23.9 Å². The zero-order chi connectivity index (χ0) is 14.6. The van der Waals surface area contributed by atoms with Crippen molar-refractivity contribution in [3.63, 3.8) is 0 Å². The van der Waals surface area contributed by atoms with Gasteiger partial charge in [-0.05, 0) is 31.2 Å². The molecule has 0 bridgehead atoms. The van der Waals surface area contributed by atoms with Crippen LogP contribution < -0.4 is 10.1 Å². The third-order valence-electron chi connectivity index (χ3n) is 3.45. The predicted molar refractivity (Wildman–Crippen MR) is 79.4 cm³/mol. The number of nitrogens with zero attached hydrogens (tertiary/aromatic N) is 2. The summed E-state index contributed by atoms with van der Waals surface area (Å²) in [6.45, 7) is 9.20. The summed E-state index contributed by atoms with van der Waals surface area (Å²) in [6.07, 6.45) is 4.09. The van der Waals surface area contributed by atoms with Crippen LogP contribution in [0.15, 0.2) is 6.20 Å². The Morgan fingerprint density at radius 2 is 2.05 bits per heavy atom. The van der Waals surface area contributed by atoms with E-state index in [2.05, 4.69) is 38.1 Å². The van der Waals surface area contributed by atoms with E-state index in [0.29, 0.717) is 11.3 Å². The van der Waals surface area contributed by atoms with Gasteiger partial charge in [-0.15, -0.1) is 0 Å². The van der Waals surface area contributed by atoms with Crippen molar-refractivity contribution < 1.29 is 4.74 Å². The normalized spacial score (nSPS) is 15.3. The lowest BCUT2D eigenvalue weighted by molar-refractivity contribution is 0.274. The lowest BCUT2D eigenvalue weighted by Gasteiger charge is -2.27. The highest BCUT2D eigenvalue weighted by atomic mass is 16.5. The number of nitrogens with one attached hydrogen (secondary N) is 1. The van der Waals surface area contributed by atoms with Gasteiger partial charge < -0.3 is 10.1 Å². The van der Waals surface area contributed by atoms with E-state index in [0.717, 1.165) is 17.9 Å². The van der Waals surface area contributed by atoms with Gasteiger partial charge in [0.15, 0.2) is 5.75 Å². The van der Waals surface area contributed by atoms with Crippen LogP contribution in [0.5, 0.6) is 5.75 Å². The Balaban J connectivity index is 2.80. The molecule has 110 valence electrons. The van der Waals surface area contributed by atoms with Gasteiger partial charge in [-0.3, -0.25) is 4.68 Å². The molecular formula is C15H29N3O.